The summed E-state index contributed by atoms with van der Waals surface area (Å²) in [5.74, 6) is 1.07. The predicted molar refractivity (Wildman–Crippen MR) is 66.6 cm³/mol. The van der Waals surface area contributed by atoms with E-state index in [1.807, 2.05) is 13.8 Å². The summed E-state index contributed by atoms with van der Waals surface area (Å²) in [5, 5.41) is 2.59. The molecule has 102 valence electrons. The van der Waals surface area contributed by atoms with Crippen LogP contribution in [0.2, 0.25) is 0 Å². The number of nitrogens with one attached hydrogen (secondary N) is 1. The van der Waals surface area contributed by atoms with Gasteiger partial charge in [0.25, 0.3) is 6.43 Å². The van der Waals surface area contributed by atoms with Crippen molar-refractivity contribution in [2.75, 3.05) is 20.3 Å². The summed E-state index contributed by atoms with van der Waals surface area (Å²) >= 11 is 0. The monoisotopic (exact) mass is 259 g/mol. The first-order valence-electron chi connectivity index (χ1n) is 5.98. The molecular formula is C13H19F2NO2. The van der Waals surface area contributed by atoms with Crippen molar-refractivity contribution < 1.29 is 18.3 Å². The van der Waals surface area contributed by atoms with Crippen LogP contribution in [0.3, 0.4) is 0 Å². The van der Waals surface area contributed by atoms with Crippen LogP contribution in [-0.2, 0) is 0 Å². The molecule has 0 saturated carbocycles. The maximum atomic E-state index is 12.8. The quantitative estimate of drug-likeness (QED) is 0.816. The molecule has 0 fully saturated rings. The molecule has 0 spiro atoms. The number of hydrogen-bond acceptors (Lipinski definition) is 3. The molecule has 1 aromatic carbocycles. The number of benzene rings is 1. The molecule has 1 N–H and O–H groups in total. The van der Waals surface area contributed by atoms with Crippen LogP contribution in [0.1, 0.15) is 25.5 Å². The second kappa shape index (κ2) is 7.16. The van der Waals surface area contributed by atoms with Crippen molar-refractivity contribution in [3.8, 4) is 11.5 Å². The fraction of sp³-hybridized carbons (Fsp3) is 0.538. The Morgan fingerprint density at radius 2 is 1.72 bits per heavy atom. The topological polar surface area (TPSA) is 30.5 Å². The Morgan fingerprint density at radius 3 is 2.22 bits per heavy atom. The molecule has 1 rings (SSSR count). The van der Waals surface area contributed by atoms with Gasteiger partial charge in [-0.3, -0.25) is 0 Å². The van der Waals surface area contributed by atoms with Crippen molar-refractivity contribution in [2.45, 2.75) is 26.3 Å². The van der Waals surface area contributed by atoms with E-state index >= 15 is 0 Å². The number of rotatable bonds is 7. The second-order valence-corrected chi connectivity index (χ2v) is 3.67. The van der Waals surface area contributed by atoms with Gasteiger partial charge in [0.2, 0.25) is 0 Å². The summed E-state index contributed by atoms with van der Waals surface area (Å²) in [6.45, 7) is 4.66. The minimum absolute atomic E-state index is 0.461. The largest absolute Gasteiger partial charge is 0.490 e. The first-order valence-corrected chi connectivity index (χ1v) is 5.98. The number of halogens is 2. The first-order chi connectivity index (χ1) is 8.63. The van der Waals surface area contributed by atoms with Crippen LogP contribution in [0.15, 0.2) is 18.2 Å². The van der Waals surface area contributed by atoms with Gasteiger partial charge in [0.05, 0.1) is 19.3 Å². The van der Waals surface area contributed by atoms with Gasteiger partial charge in [0, 0.05) is 0 Å². The lowest BCUT2D eigenvalue weighted by molar-refractivity contribution is 0.102. The van der Waals surface area contributed by atoms with Crippen LogP contribution in [0.5, 0.6) is 11.5 Å². The normalized spacial score (nSPS) is 12.6. The lowest BCUT2D eigenvalue weighted by Crippen LogP contribution is -2.23. The van der Waals surface area contributed by atoms with Crippen LogP contribution in [0, 0.1) is 0 Å². The summed E-state index contributed by atoms with van der Waals surface area (Å²) in [5.41, 5.74) is 0.486. The van der Waals surface area contributed by atoms with Gasteiger partial charge in [-0.1, -0.05) is 6.07 Å². The van der Waals surface area contributed by atoms with E-state index in [4.69, 9.17) is 9.47 Å². The average Bonchev–Trinajstić information content (AvgIpc) is 2.33. The van der Waals surface area contributed by atoms with Gasteiger partial charge in [-0.2, -0.15) is 0 Å². The molecule has 0 bridgehead atoms. The minimum Gasteiger partial charge on any atom is -0.490 e. The third-order valence-corrected chi connectivity index (χ3v) is 2.49. The molecule has 0 heterocycles. The van der Waals surface area contributed by atoms with Crippen molar-refractivity contribution in [1.82, 2.24) is 5.32 Å². The van der Waals surface area contributed by atoms with Gasteiger partial charge in [-0.25, -0.2) is 8.78 Å². The zero-order valence-corrected chi connectivity index (χ0v) is 10.9. The van der Waals surface area contributed by atoms with Crippen LogP contribution >= 0.6 is 0 Å². The van der Waals surface area contributed by atoms with Crippen molar-refractivity contribution >= 4 is 0 Å². The van der Waals surface area contributed by atoms with E-state index < -0.39 is 12.5 Å². The van der Waals surface area contributed by atoms with Gasteiger partial charge in [0.15, 0.2) is 11.5 Å². The van der Waals surface area contributed by atoms with E-state index in [9.17, 15) is 8.78 Å². The van der Waals surface area contributed by atoms with Crippen LogP contribution in [0.4, 0.5) is 8.78 Å². The van der Waals surface area contributed by atoms with Crippen LogP contribution < -0.4 is 14.8 Å². The zero-order chi connectivity index (χ0) is 13.5. The van der Waals surface area contributed by atoms with Crippen molar-refractivity contribution in [3.05, 3.63) is 23.8 Å². The maximum absolute atomic E-state index is 12.8. The molecule has 5 heteroatoms. The van der Waals surface area contributed by atoms with Gasteiger partial charge in [0.1, 0.15) is 0 Å². The van der Waals surface area contributed by atoms with Crippen LogP contribution in [0.25, 0.3) is 0 Å². The van der Waals surface area contributed by atoms with Gasteiger partial charge in [-0.15, -0.1) is 0 Å². The van der Waals surface area contributed by atoms with E-state index in [0.29, 0.717) is 30.3 Å². The van der Waals surface area contributed by atoms with E-state index in [-0.39, 0.29) is 0 Å². The Morgan fingerprint density at radius 1 is 1.11 bits per heavy atom. The summed E-state index contributed by atoms with van der Waals surface area (Å²) in [6, 6.07) is 3.89. The molecule has 1 unspecified atom stereocenters. The summed E-state index contributed by atoms with van der Waals surface area (Å²) < 4.78 is 36.4. The van der Waals surface area contributed by atoms with E-state index in [1.165, 1.54) is 7.05 Å². The lowest BCUT2D eigenvalue weighted by Gasteiger charge is -2.18. The van der Waals surface area contributed by atoms with E-state index in [0.717, 1.165) is 0 Å². The van der Waals surface area contributed by atoms with Crippen molar-refractivity contribution in [2.24, 2.45) is 0 Å². The van der Waals surface area contributed by atoms with Gasteiger partial charge in [-0.05, 0) is 38.6 Å². The van der Waals surface area contributed by atoms with Gasteiger partial charge < -0.3 is 14.8 Å². The molecule has 0 aliphatic heterocycles. The summed E-state index contributed by atoms with van der Waals surface area (Å²) in [7, 11) is 1.51. The highest BCUT2D eigenvalue weighted by atomic mass is 19.3. The molecule has 0 amide bonds. The zero-order valence-electron chi connectivity index (χ0n) is 10.9. The fourth-order valence-electron chi connectivity index (χ4n) is 1.70. The summed E-state index contributed by atoms with van der Waals surface area (Å²) in [4.78, 5) is 0. The standard InChI is InChI=1S/C13H19F2NO2/c1-4-17-10-7-6-9(8-11(10)18-5-2)12(16-3)13(14)15/h6-8,12-13,16H,4-5H2,1-3H3. The third-order valence-electron chi connectivity index (χ3n) is 2.49. The van der Waals surface area contributed by atoms with Gasteiger partial charge >= 0.3 is 0 Å². The molecule has 0 aromatic heterocycles. The lowest BCUT2D eigenvalue weighted by atomic mass is 10.1. The Labute approximate surface area is 106 Å². The molecule has 3 nitrogen and oxygen atoms in total. The Kier molecular flexibility index (Phi) is 5.85. The van der Waals surface area contributed by atoms with Crippen molar-refractivity contribution in [3.63, 3.8) is 0 Å². The Hall–Kier alpha value is -1.36. The highest BCUT2D eigenvalue weighted by Crippen LogP contribution is 2.32. The number of alkyl halides is 2. The first kappa shape index (κ1) is 14.7. The predicted octanol–water partition coefficient (Wildman–Crippen LogP) is 3.01. The smallest absolute Gasteiger partial charge is 0.257 e. The van der Waals surface area contributed by atoms with Crippen molar-refractivity contribution in [1.29, 1.82) is 0 Å². The summed E-state index contributed by atoms with van der Waals surface area (Å²) in [6.07, 6.45) is -2.47. The average molecular weight is 259 g/mol. The number of hydrogen-bond donors (Lipinski definition) is 1. The van der Waals surface area contributed by atoms with E-state index in [2.05, 4.69) is 5.32 Å². The third kappa shape index (κ3) is 3.57. The molecule has 0 radical (unpaired) electrons. The molecule has 0 aliphatic carbocycles. The number of ether oxygens (including phenoxy) is 2. The fourth-order valence-corrected chi connectivity index (χ4v) is 1.70. The highest BCUT2D eigenvalue weighted by molar-refractivity contribution is 5.44. The Balaban J connectivity index is 3.04. The molecular weight excluding hydrogens is 240 g/mol. The minimum atomic E-state index is -2.47. The maximum Gasteiger partial charge on any atom is 0.257 e. The molecule has 0 aliphatic rings. The SMILES string of the molecule is CCOc1ccc(C(NC)C(F)F)cc1OCC. The molecule has 1 aromatic rings. The van der Waals surface area contributed by atoms with Crippen LogP contribution in [-0.4, -0.2) is 26.7 Å². The molecule has 18 heavy (non-hydrogen) atoms. The van der Waals surface area contributed by atoms with E-state index in [1.54, 1.807) is 18.2 Å². The second-order valence-electron chi connectivity index (χ2n) is 3.67. The Bertz CT molecular complexity index is 372. The molecule has 1 atom stereocenters. The highest BCUT2D eigenvalue weighted by Gasteiger charge is 2.21. The molecule has 0 saturated heterocycles.